The zero-order chi connectivity index (χ0) is 16.6. The molecule has 2 aliphatic rings. The number of rotatable bonds is 2. The molecule has 23 heavy (non-hydrogen) atoms. The summed E-state index contributed by atoms with van der Waals surface area (Å²) in [5.41, 5.74) is 6.05. The second-order valence-corrected chi connectivity index (χ2v) is 8.06. The zero-order valence-corrected chi connectivity index (χ0v) is 13.3. The monoisotopic (exact) mass is 338 g/mol. The van der Waals surface area contributed by atoms with Gasteiger partial charge in [0.25, 0.3) is 0 Å². The van der Waals surface area contributed by atoms with E-state index in [0.717, 1.165) is 5.56 Å². The van der Waals surface area contributed by atoms with Crippen molar-refractivity contribution in [3.05, 3.63) is 30.1 Å². The molecule has 0 unspecified atom stereocenters. The van der Waals surface area contributed by atoms with E-state index in [2.05, 4.69) is 4.98 Å². The summed E-state index contributed by atoms with van der Waals surface area (Å²) < 4.78 is 24.1. The van der Waals surface area contributed by atoms with Gasteiger partial charge in [-0.05, 0) is 11.6 Å². The predicted octanol–water partition coefficient (Wildman–Crippen LogP) is -1.62. The molecule has 124 valence electrons. The van der Waals surface area contributed by atoms with Crippen LogP contribution in [0.4, 0.5) is 0 Å². The Kier molecular flexibility index (Phi) is 4.07. The minimum Gasteiger partial charge on any atom is -0.361 e. The Bertz CT molecular complexity index is 722. The summed E-state index contributed by atoms with van der Waals surface area (Å²) in [7, 11) is -3.25. The summed E-state index contributed by atoms with van der Waals surface area (Å²) in [6.45, 7) is 1.34. The number of carbonyl (C=O) groups is 2. The Hall–Kier alpha value is -2.00. The number of carbonyl (C=O) groups excluding carboxylic acids is 2. The fourth-order valence-corrected chi connectivity index (χ4v) is 5.35. The zero-order valence-electron chi connectivity index (χ0n) is 12.5. The van der Waals surface area contributed by atoms with E-state index >= 15 is 0 Å². The van der Waals surface area contributed by atoms with Crippen LogP contribution in [0.15, 0.2) is 24.5 Å². The molecule has 0 radical (unpaired) electrons. The number of primary amides is 1. The summed E-state index contributed by atoms with van der Waals surface area (Å²) in [6, 6.07) is 2.90. The van der Waals surface area contributed by atoms with Crippen molar-refractivity contribution in [1.29, 1.82) is 0 Å². The van der Waals surface area contributed by atoms with Gasteiger partial charge in [-0.1, -0.05) is 6.07 Å². The molecule has 2 saturated heterocycles. The molecule has 0 spiro atoms. The first-order valence-electron chi connectivity index (χ1n) is 7.31. The van der Waals surface area contributed by atoms with Gasteiger partial charge in [0.15, 0.2) is 9.84 Å². The average molecular weight is 338 g/mol. The second kappa shape index (κ2) is 5.89. The maximum absolute atomic E-state index is 12.0. The molecule has 3 rings (SSSR count). The lowest BCUT2D eigenvalue weighted by molar-refractivity contribution is -0.148. The number of pyridine rings is 1. The number of aromatic nitrogens is 1. The highest BCUT2D eigenvalue weighted by Gasteiger charge is 2.48. The summed E-state index contributed by atoms with van der Waals surface area (Å²) in [5.74, 6) is -1.99. The quantitative estimate of drug-likeness (QED) is 0.648. The van der Waals surface area contributed by atoms with Crippen LogP contribution in [0.3, 0.4) is 0 Å². The Morgan fingerprint density at radius 1 is 1.26 bits per heavy atom. The molecule has 9 heteroatoms. The molecule has 8 nitrogen and oxygen atoms in total. The van der Waals surface area contributed by atoms with E-state index in [1.807, 2.05) is 17.0 Å². The van der Waals surface area contributed by atoms with Crippen LogP contribution < -0.4 is 5.73 Å². The van der Waals surface area contributed by atoms with Crippen LogP contribution in [0.2, 0.25) is 0 Å². The van der Waals surface area contributed by atoms with Crippen LogP contribution in [0.1, 0.15) is 5.56 Å². The SMILES string of the molecule is NC(=O)C(=O)N1CCN(Cc2cccnc2)[C@@H]2CS(=O)(=O)C[C@@H]21. The number of amides is 2. The molecule has 2 atom stereocenters. The van der Waals surface area contributed by atoms with Gasteiger partial charge in [0.05, 0.1) is 17.5 Å². The van der Waals surface area contributed by atoms with Gasteiger partial charge in [-0.3, -0.25) is 19.5 Å². The number of nitrogens with two attached hydrogens (primary N) is 1. The molecule has 1 aromatic rings. The lowest BCUT2D eigenvalue weighted by Crippen LogP contribution is -2.61. The molecule has 0 saturated carbocycles. The van der Waals surface area contributed by atoms with Gasteiger partial charge in [0.1, 0.15) is 0 Å². The fourth-order valence-electron chi connectivity index (χ4n) is 3.34. The highest BCUT2D eigenvalue weighted by Crippen LogP contribution is 2.28. The number of piperazine rings is 1. The van der Waals surface area contributed by atoms with Gasteiger partial charge < -0.3 is 10.6 Å². The molecule has 2 fully saturated rings. The first-order chi connectivity index (χ1) is 10.9. The highest BCUT2D eigenvalue weighted by molar-refractivity contribution is 7.91. The van der Waals surface area contributed by atoms with Crippen molar-refractivity contribution in [3.63, 3.8) is 0 Å². The molecule has 2 aliphatic heterocycles. The minimum atomic E-state index is -3.25. The summed E-state index contributed by atoms with van der Waals surface area (Å²) in [4.78, 5) is 30.5. The van der Waals surface area contributed by atoms with E-state index in [1.165, 1.54) is 4.90 Å². The third-order valence-corrected chi connectivity index (χ3v) is 6.07. The molecule has 0 aromatic carbocycles. The summed E-state index contributed by atoms with van der Waals surface area (Å²) >= 11 is 0. The number of nitrogens with zero attached hydrogens (tertiary/aromatic N) is 3. The highest BCUT2D eigenvalue weighted by atomic mass is 32.2. The van der Waals surface area contributed by atoms with Crippen molar-refractivity contribution in [2.45, 2.75) is 18.6 Å². The Balaban J connectivity index is 1.84. The van der Waals surface area contributed by atoms with Crippen LogP contribution in [0, 0.1) is 0 Å². The number of sulfone groups is 1. The van der Waals surface area contributed by atoms with E-state index in [9.17, 15) is 18.0 Å². The van der Waals surface area contributed by atoms with Crippen molar-refractivity contribution < 1.29 is 18.0 Å². The molecule has 2 N–H and O–H groups in total. The van der Waals surface area contributed by atoms with Crippen molar-refractivity contribution in [1.82, 2.24) is 14.8 Å². The Morgan fingerprint density at radius 3 is 2.65 bits per heavy atom. The van der Waals surface area contributed by atoms with E-state index in [-0.39, 0.29) is 17.5 Å². The third kappa shape index (κ3) is 3.20. The largest absolute Gasteiger partial charge is 0.361 e. The molecule has 0 aliphatic carbocycles. The van der Waals surface area contributed by atoms with Crippen molar-refractivity contribution in [3.8, 4) is 0 Å². The Morgan fingerprint density at radius 2 is 2.00 bits per heavy atom. The second-order valence-electron chi connectivity index (χ2n) is 5.91. The number of hydrogen-bond donors (Lipinski definition) is 1. The van der Waals surface area contributed by atoms with Crippen LogP contribution in [0.5, 0.6) is 0 Å². The van der Waals surface area contributed by atoms with Crippen molar-refractivity contribution in [2.75, 3.05) is 24.6 Å². The molecule has 3 heterocycles. The molecular weight excluding hydrogens is 320 g/mol. The summed E-state index contributed by atoms with van der Waals surface area (Å²) in [5, 5.41) is 0. The topological polar surface area (TPSA) is 114 Å². The van der Waals surface area contributed by atoms with Crippen LogP contribution in [-0.2, 0) is 26.0 Å². The van der Waals surface area contributed by atoms with Gasteiger partial charge in [-0.25, -0.2) is 8.42 Å². The standard InChI is InChI=1S/C14H18N4O4S/c15-13(19)14(20)18-5-4-17(7-10-2-1-3-16-6-10)11-8-23(21,22)9-12(11)18/h1-3,6,11-12H,4-5,7-9H2,(H2,15,19)/t11-,12+/m1/s1. The van der Waals surface area contributed by atoms with E-state index in [4.69, 9.17) is 5.73 Å². The van der Waals surface area contributed by atoms with Gasteiger partial charge in [-0.15, -0.1) is 0 Å². The van der Waals surface area contributed by atoms with Gasteiger partial charge in [-0.2, -0.15) is 0 Å². The van der Waals surface area contributed by atoms with E-state index in [0.29, 0.717) is 19.6 Å². The van der Waals surface area contributed by atoms with Gasteiger partial charge in [0.2, 0.25) is 0 Å². The van der Waals surface area contributed by atoms with Gasteiger partial charge >= 0.3 is 11.8 Å². The maximum atomic E-state index is 12.0. The lowest BCUT2D eigenvalue weighted by atomic mass is 10.0. The third-order valence-electron chi connectivity index (χ3n) is 4.37. The lowest BCUT2D eigenvalue weighted by Gasteiger charge is -2.43. The van der Waals surface area contributed by atoms with Crippen molar-refractivity contribution in [2.24, 2.45) is 5.73 Å². The molecule has 2 amide bonds. The van der Waals surface area contributed by atoms with E-state index in [1.54, 1.807) is 12.4 Å². The average Bonchev–Trinajstić information content (AvgIpc) is 2.83. The fraction of sp³-hybridized carbons (Fsp3) is 0.500. The Labute approximate surface area is 134 Å². The van der Waals surface area contributed by atoms with Crippen LogP contribution >= 0.6 is 0 Å². The molecule has 0 bridgehead atoms. The first-order valence-corrected chi connectivity index (χ1v) is 9.13. The normalized spacial score (nSPS) is 26.7. The summed E-state index contributed by atoms with van der Waals surface area (Å²) in [6.07, 6.45) is 3.41. The minimum absolute atomic E-state index is 0.0134. The van der Waals surface area contributed by atoms with Crippen LogP contribution in [-0.4, -0.2) is 71.7 Å². The van der Waals surface area contributed by atoms with Crippen molar-refractivity contribution >= 4 is 21.7 Å². The number of hydrogen-bond acceptors (Lipinski definition) is 6. The first kappa shape index (κ1) is 15.9. The number of fused-ring (bicyclic) bond motifs is 1. The predicted molar refractivity (Wildman–Crippen MR) is 81.8 cm³/mol. The smallest absolute Gasteiger partial charge is 0.312 e. The van der Waals surface area contributed by atoms with Gasteiger partial charge in [0, 0.05) is 38.1 Å². The van der Waals surface area contributed by atoms with E-state index < -0.39 is 27.7 Å². The molecule has 1 aromatic heterocycles. The van der Waals surface area contributed by atoms with Crippen LogP contribution in [0.25, 0.3) is 0 Å². The maximum Gasteiger partial charge on any atom is 0.312 e. The molecular formula is C14H18N4O4S.